The lowest BCUT2D eigenvalue weighted by Gasteiger charge is -2.23. The summed E-state index contributed by atoms with van der Waals surface area (Å²) in [4.78, 5) is 0. The largest absolute Gasteiger partial charge is 0.291 e. The average Bonchev–Trinajstić information content (AvgIpc) is 3.34. The number of rotatable bonds is 4. The molecule has 0 heterocycles. The maximum atomic E-state index is 3.41. The van der Waals surface area contributed by atoms with Gasteiger partial charge in [0.15, 0.2) is 0 Å². The number of hydrogen-bond acceptors (Lipinski definition) is 1. The monoisotopic (exact) mass is 277 g/mol. The molecule has 0 aromatic heterocycles. The molecule has 2 aliphatic rings. The van der Waals surface area contributed by atoms with Crippen LogP contribution in [0.4, 0.5) is 0 Å². The Morgan fingerprint density at radius 3 is 2.05 bits per heavy atom. The summed E-state index contributed by atoms with van der Waals surface area (Å²) in [5.41, 5.74) is 3.81. The van der Waals surface area contributed by atoms with E-state index in [4.69, 9.17) is 0 Å². The van der Waals surface area contributed by atoms with Crippen molar-refractivity contribution in [2.45, 2.75) is 64.3 Å². The maximum absolute atomic E-state index is 3.41. The first kappa shape index (κ1) is 15.0. The molecule has 1 aromatic rings. The van der Waals surface area contributed by atoms with Crippen LogP contribution in [0.2, 0.25) is 0 Å². The average molecular weight is 277 g/mol. The molecule has 0 aliphatic heterocycles. The van der Waals surface area contributed by atoms with Crippen molar-refractivity contribution < 1.29 is 0 Å². The summed E-state index contributed by atoms with van der Waals surface area (Å²) in [5.74, 6) is 0.761. The summed E-state index contributed by atoms with van der Waals surface area (Å²) < 4.78 is 0. The van der Waals surface area contributed by atoms with Crippen LogP contribution in [0.3, 0.4) is 0 Å². The second-order valence-corrected chi connectivity index (χ2v) is 6.41. The van der Waals surface area contributed by atoms with Gasteiger partial charge in [-0.25, -0.2) is 0 Å². The van der Waals surface area contributed by atoms with Crippen molar-refractivity contribution in [2.24, 2.45) is 5.92 Å². The molecule has 2 aliphatic carbocycles. The first-order valence-corrected chi connectivity index (χ1v) is 8.29. The SMILES string of the molecule is CC.CC(C)C1(c2cccc(C3(NP)CC3)c2)CC1. The lowest BCUT2D eigenvalue weighted by Crippen LogP contribution is -2.21. The number of hydrogen-bond donors (Lipinski definition) is 1. The van der Waals surface area contributed by atoms with Gasteiger partial charge in [-0.2, -0.15) is 0 Å². The lowest BCUT2D eigenvalue weighted by atomic mass is 9.83. The Labute approximate surface area is 120 Å². The molecule has 3 rings (SSSR count). The Kier molecular flexibility index (Phi) is 4.38. The van der Waals surface area contributed by atoms with Gasteiger partial charge in [0.05, 0.1) is 0 Å². The molecule has 2 saturated carbocycles. The van der Waals surface area contributed by atoms with Gasteiger partial charge in [-0.1, -0.05) is 61.4 Å². The second-order valence-electron chi connectivity index (χ2n) is 6.12. The number of nitrogens with one attached hydrogen (secondary N) is 1. The molecular formula is C17H28NP. The predicted molar refractivity (Wildman–Crippen MR) is 87.3 cm³/mol. The van der Waals surface area contributed by atoms with Gasteiger partial charge in [0.1, 0.15) is 0 Å². The van der Waals surface area contributed by atoms with E-state index < -0.39 is 0 Å². The van der Waals surface area contributed by atoms with Gasteiger partial charge in [-0.15, -0.1) is 0 Å². The van der Waals surface area contributed by atoms with Gasteiger partial charge < -0.3 is 0 Å². The molecule has 106 valence electrons. The van der Waals surface area contributed by atoms with E-state index in [9.17, 15) is 0 Å². The Bertz CT molecular complexity index is 431. The Hall–Kier alpha value is -0.390. The van der Waals surface area contributed by atoms with Gasteiger partial charge in [0.2, 0.25) is 0 Å². The summed E-state index contributed by atoms with van der Waals surface area (Å²) in [7, 11) is 2.69. The molecule has 0 saturated heterocycles. The van der Waals surface area contributed by atoms with Crippen LogP contribution in [0.1, 0.15) is 64.5 Å². The fraction of sp³-hybridized carbons (Fsp3) is 0.647. The fourth-order valence-corrected chi connectivity index (χ4v) is 3.56. The van der Waals surface area contributed by atoms with Crippen molar-refractivity contribution in [3.63, 3.8) is 0 Å². The van der Waals surface area contributed by atoms with E-state index in [1.54, 1.807) is 5.56 Å². The van der Waals surface area contributed by atoms with Gasteiger partial charge >= 0.3 is 0 Å². The molecule has 1 aromatic carbocycles. The minimum absolute atomic E-state index is 0.272. The molecule has 19 heavy (non-hydrogen) atoms. The zero-order valence-electron chi connectivity index (χ0n) is 12.8. The van der Waals surface area contributed by atoms with Crippen LogP contribution in [0, 0.1) is 5.92 Å². The van der Waals surface area contributed by atoms with E-state index in [2.05, 4.69) is 52.6 Å². The molecule has 1 unspecified atom stereocenters. The highest BCUT2D eigenvalue weighted by Gasteiger charge is 2.48. The van der Waals surface area contributed by atoms with Crippen LogP contribution in [-0.4, -0.2) is 0 Å². The van der Waals surface area contributed by atoms with E-state index in [0.717, 1.165) is 5.92 Å². The first-order valence-electron chi connectivity index (χ1n) is 7.72. The van der Waals surface area contributed by atoms with Gasteiger partial charge in [0.25, 0.3) is 0 Å². The van der Waals surface area contributed by atoms with Crippen molar-refractivity contribution in [1.29, 1.82) is 0 Å². The molecular weight excluding hydrogens is 249 g/mol. The fourth-order valence-electron chi connectivity index (χ4n) is 3.10. The molecule has 1 N–H and O–H groups in total. The molecule has 0 radical (unpaired) electrons. The predicted octanol–water partition coefficient (Wildman–Crippen LogP) is 4.77. The van der Waals surface area contributed by atoms with Crippen LogP contribution < -0.4 is 5.09 Å². The first-order chi connectivity index (χ1) is 9.13. The standard InChI is InChI=1S/C15H22NP.C2H6/c1-11(2)14(6-7-14)12-4-3-5-13(10-12)15(16-17)8-9-15;1-2/h3-5,10-11,16H,6-9,17H2,1-2H3;1-2H3. The number of benzene rings is 1. The van der Waals surface area contributed by atoms with Crippen molar-refractivity contribution >= 4 is 9.39 Å². The van der Waals surface area contributed by atoms with Crippen LogP contribution in [-0.2, 0) is 11.0 Å². The minimum Gasteiger partial charge on any atom is -0.291 e. The molecule has 1 atom stereocenters. The van der Waals surface area contributed by atoms with Crippen LogP contribution in [0.15, 0.2) is 24.3 Å². The molecule has 0 amide bonds. The third-order valence-corrected chi connectivity index (χ3v) is 5.46. The van der Waals surface area contributed by atoms with Crippen molar-refractivity contribution in [1.82, 2.24) is 5.09 Å². The van der Waals surface area contributed by atoms with E-state index in [1.165, 1.54) is 31.2 Å². The third-order valence-electron chi connectivity index (χ3n) is 4.91. The van der Waals surface area contributed by atoms with Gasteiger partial charge in [0, 0.05) is 5.54 Å². The minimum atomic E-state index is 0.272. The van der Waals surface area contributed by atoms with Crippen LogP contribution >= 0.6 is 9.39 Å². The molecule has 2 fully saturated rings. The Morgan fingerprint density at radius 1 is 1.05 bits per heavy atom. The summed E-state index contributed by atoms with van der Waals surface area (Å²) in [5, 5.41) is 3.41. The van der Waals surface area contributed by atoms with Crippen molar-refractivity contribution in [2.75, 3.05) is 0 Å². The Balaban J connectivity index is 0.000000637. The van der Waals surface area contributed by atoms with Crippen molar-refractivity contribution in [3.8, 4) is 0 Å². The van der Waals surface area contributed by atoms with Crippen molar-refractivity contribution in [3.05, 3.63) is 35.4 Å². The molecule has 1 nitrogen and oxygen atoms in total. The van der Waals surface area contributed by atoms with E-state index in [0.29, 0.717) is 5.41 Å². The topological polar surface area (TPSA) is 12.0 Å². The van der Waals surface area contributed by atoms with Crippen LogP contribution in [0.25, 0.3) is 0 Å². The van der Waals surface area contributed by atoms with E-state index >= 15 is 0 Å². The third kappa shape index (κ3) is 2.60. The molecule has 0 bridgehead atoms. The zero-order chi connectivity index (χ0) is 14.1. The Morgan fingerprint density at radius 2 is 1.63 bits per heavy atom. The highest BCUT2D eigenvalue weighted by Crippen LogP contribution is 2.55. The van der Waals surface area contributed by atoms with Crippen LogP contribution in [0.5, 0.6) is 0 Å². The van der Waals surface area contributed by atoms with E-state index in [-0.39, 0.29) is 5.54 Å². The summed E-state index contributed by atoms with van der Waals surface area (Å²) >= 11 is 0. The summed E-state index contributed by atoms with van der Waals surface area (Å²) in [6.07, 6.45) is 5.29. The quantitative estimate of drug-likeness (QED) is 0.782. The zero-order valence-corrected chi connectivity index (χ0v) is 13.9. The smallest absolute Gasteiger partial charge is 0.0465 e. The maximum Gasteiger partial charge on any atom is 0.0465 e. The highest BCUT2D eigenvalue weighted by atomic mass is 31.0. The highest BCUT2D eigenvalue weighted by molar-refractivity contribution is 7.13. The lowest BCUT2D eigenvalue weighted by molar-refractivity contribution is 0.480. The van der Waals surface area contributed by atoms with Gasteiger partial charge in [-0.3, -0.25) is 5.09 Å². The van der Waals surface area contributed by atoms with Gasteiger partial charge in [-0.05, 0) is 48.1 Å². The molecule has 0 spiro atoms. The molecule has 2 heteroatoms. The summed E-state index contributed by atoms with van der Waals surface area (Å²) in [6, 6.07) is 9.31. The summed E-state index contributed by atoms with van der Waals surface area (Å²) in [6.45, 7) is 8.72. The normalized spacial score (nSPS) is 21.6. The van der Waals surface area contributed by atoms with E-state index in [1.807, 2.05) is 13.8 Å². The second kappa shape index (κ2) is 5.54.